The Bertz CT molecular complexity index is 974. The van der Waals surface area contributed by atoms with E-state index in [1.165, 1.54) is 16.5 Å². The van der Waals surface area contributed by atoms with Crippen molar-refractivity contribution in [2.75, 3.05) is 56.3 Å². The van der Waals surface area contributed by atoms with Crippen LogP contribution < -0.4 is 14.5 Å². The highest BCUT2D eigenvalue weighted by Crippen LogP contribution is 2.35. The van der Waals surface area contributed by atoms with Crippen molar-refractivity contribution in [1.29, 1.82) is 0 Å². The Morgan fingerprint density at radius 1 is 1.00 bits per heavy atom. The van der Waals surface area contributed by atoms with Crippen molar-refractivity contribution in [1.82, 2.24) is 15.0 Å². The summed E-state index contributed by atoms with van der Waals surface area (Å²) in [5.74, 6) is 3.49. The Morgan fingerprint density at radius 3 is 2.45 bits per heavy atom. The van der Waals surface area contributed by atoms with Crippen molar-refractivity contribution in [3.63, 3.8) is 0 Å². The summed E-state index contributed by atoms with van der Waals surface area (Å²) in [5.41, 5.74) is 2.57. The molecule has 4 heterocycles. The van der Waals surface area contributed by atoms with Gasteiger partial charge in [-0.2, -0.15) is 0 Å². The number of aromatic amines is 1. The highest BCUT2D eigenvalue weighted by atomic mass is 16.5. The van der Waals surface area contributed by atoms with Gasteiger partial charge >= 0.3 is 0 Å². The summed E-state index contributed by atoms with van der Waals surface area (Å²) >= 11 is 0. The number of rotatable bonds is 4. The Labute approximate surface area is 170 Å². The summed E-state index contributed by atoms with van der Waals surface area (Å²) < 4.78 is 10.9. The molecule has 0 bridgehead atoms. The second kappa shape index (κ2) is 7.91. The lowest BCUT2D eigenvalue weighted by atomic mass is 9.89. The van der Waals surface area contributed by atoms with E-state index in [4.69, 9.17) is 9.47 Å². The number of hydrogen-bond acceptors (Lipinski definition) is 6. The topological polar surface area (TPSA) is 66.5 Å². The molecule has 2 aliphatic heterocycles. The fourth-order valence-corrected chi connectivity index (χ4v) is 4.48. The van der Waals surface area contributed by atoms with Crippen molar-refractivity contribution in [2.45, 2.75) is 18.8 Å². The first-order valence-corrected chi connectivity index (χ1v) is 10.4. The number of benzene rings is 1. The maximum absolute atomic E-state index is 5.45. The van der Waals surface area contributed by atoms with Crippen molar-refractivity contribution in [2.24, 2.45) is 0 Å². The molecule has 1 N–H and O–H groups in total. The summed E-state index contributed by atoms with van der Waals surface area (Å²) in [6, 6.07) is 8.38. The highest BCUT2D eigenvalue weighted by molar-refractivity contribution is 5.85. The fourth-order valence-electron chi connectivity index (χ4n) is 4.48. The predicted octanol–water partition coefficient (Wildman–Crippen LogP) is 3.19. The molecule has 2 saturated heterocycles. The number of nitrogens with one attached hydrogen (secondary N) is 1. The van der Waals surface area contributed by atoms with E-state index in [9.17, 15) is 0 Å². The number of H-pyrrole nitrogens is 1. The van der Waals surface area contributed by atoms with E-state index in [1.54, 1.807) is 13.4 Å². The Morgan fingerprint density at radius 2 is 1.72 bits per heavy atom. The molecule has 0 aliphatic carbocycles. The minimum Gasteiger partial charge on any atom is -0.497 e. The maximum atomic E-state index is 5.45. The Balaban J connectivity index is 1.30. The molecule has 0 amide bonds. The van der Waals surface area contributed by atoms with Gasteiger partial charge in [-0.05, 0) is 42.5 Å². The predicted molar refractivity (Wildman–Crippen MR) is 114 cm³/mol. The zero-order chi connectivity index (χ0) is 19.6. The average molecular weight is 393 g/mol. The number of nitrogens with zero attached hydrogens (tertiary/aromatic N) is 4. The van der Waals surface area contributed by atoms with Gasteiger partial charge in [-0.1, -0.05) is 0 Å². The number of piperidine rings is 1. The van der Waals surface area contributed by atoms with Crippen molar-refractivity contribution < 1.29 is 9.47 Å². The SMILES string of the molecule is COc1ccc2[nH]cc(C3CCN(c4cc(N5CCOCC5)ncn4)CC3)c2c1. The van der Waals surface area contributed by atoms with Gasteiger partial charge in [-0.25, -0.2) is 9.97 Å². The molecule has 29 heavy (non-hydrogen) atoms. The minimum atomic E-state index is 0.549. The number of ether oxygens (including phenoxy) is 2. The summed E-state index contributed by atoms with van der Waals surface area (Å²) in [7, 11) is 1.72. The van der Waals surface area contributed by atoms with Crippen LogP contribution in [0.1, 0.15) is 24.3 Å². The molecular weight excluding hydrogens is 366 g/mol. The van der Waals surface area contributed by atoms with Crippen LogP contribution in [0, 0.1) is 0 Å². The molecule has 2 aliphatic rings. The molecule has 0 atom stereocenters. The third-order valence-electron chi connectivity index (χ3n) is 6.15. The Hall–Kier alpha value is -2.80. The molecule has 0 unspecified atom stereocenters. The number of aromatic nitrogens is 3. The number of morpholine rings is 1. The molecular formula is C22H27N5O2. The molecule has 0 radical (unpaired) electrons. The summed E-state index contributed by atoms with van der Waals surface area (Å²) in [5, 5.41) is 1.28. The Kier molecular flexibility index (Phi) is 4.97. The lowest BCUT2D eigenvalue weighted by Gasteiger charge is -2.33. The molecule has 7 heteroatoms. The van der Waals surface area contributed by atoms with Crippen LogP contribution in [0.25, 0.3) is 10.9 Å². The third kappa shape index (κ3) is 3.62. The molecule has 1 aromatic carbocycles. The van der Waals surface area contributed by atoms with Gasteiger partial charge in [0.05, 0.1) is 20.3 Å². The minimum absolute atomic E-state index is 0.549. The zero-order valence-corrected chi connectivity index (χ0v) is 16.8. The van der Waals surface area contributed by atoms with Crippen molar-refractivity contribution in [3.05, 3.63) is 42.4 Å². The lowest BCUT2D eigenvalue weighted by Crippen LogP contribution is -2.37. The van der Waals surface area contributed by atoms with Gasteiger partial charge in [0.2, 0.25) is 0 Å². The number of methoxy groups -OCH3 is 1. The second-order valence-electron chi connectivity index (χ2n) is 7.75. The smallest absolute Gasteiger partial charge is 0.134 e. The molecule has 152 valence electrons. The normalized spacial score (nSPS) is 18.4. The van der Waals surface area contributed by atoms with Gasteiger partial charge in [0.1, 0.15) is 23.7 Å². The summed E-state index contributed by atoms with van der Waals surface area (Å²) in [4.78, 5) is 17.1. The van der Waals surface area contributed by atoms with Crippen molar-refractivity contribution in [3.8, 4) is 5.75 Å². The van der Waals surface area contributed by atoms with Gasteiger partial charge in [0, 0.05) is 49.3 Å². The van der Waals surface area contributed by atoms with E-state index >= 15 is 0 Å². The van der Waals surface area contributed by atoms with E-state index in [2.05, 4.69) is 49.1 Å². The third-order valence-corrected chi connectivity index (χ3v) is 6.15. The molecule has 7 nitrogen and oxygen atoms in total. The molecule has 5 rings (SSSR count). The van der Waals surface area contributed by atoms with Crippen molar-refractivity contribution >= 4 is 22.5 Å². The van der Waals surface area contributed by atoms with Gasteiger partial charge in [0.15, 0.2) is 0 Å². The van der Waals surface area contributed by atoms with Crippen LogP contribution in [0.4, 0.5) is 11.6 Å². The number of anilines is 2. The average Bonchev–Trinajstić information content (AvgIpc) is 3.23. The summed E-state index contributed by atoms with van der Waals surface area (Å²) in [6.45, 7) is 5.31. The number of fused-ring (bicyclic) bond motifs is 1. The van der Waals surface area contributed by atoms with Crippen LogP contribution in [-0.2, 0) is 4.74 Å². The first kappa shape index (κ1) is 18.2. The molecule has 3 aromatic rings. The molecule has 2 fully saturated rings. The lowest BCUT2D eigenvalue weighted by molar-refractivity contribution is 0.122. The van der Waals surface area contributed by atoms with E-state index in [1.807, 2.05) is 6.07 Å². The first-order chi connectivity index (χ1) is 14.3. The largest absolute Gasteiger partial charge is 0.497 e. The van der Waals surface area contributed by atoms with Gasteiger partial charge < -0.3 is 24.3 Å². The zero-order valence-electron chi connectivity index (χ0n) is 16.8. The standard InChI is InChI=1S/C22H27N5O2/c1-28-17-2-3-20-18(12-17)19(14-23-20)16-4-6-26(7-5-16)21-13-22(25-15-24-21)27-8-10-29-11-9-27/h2-3,12-16,23H,4-11H2,1H3. The monoisotopic (exact) mass is 393 g/mol. The van der Waals surface area contributed by atoms with E-state index in [-0.39, 0.29) is 0 Å². The van der Waals surface area contributed by atoms with Crippen LogP contribution >= 0.6 is 0 Å². The van der Waals surface area contributed by atoms with Crippen LogP contribution in [0.15, 0.2) is 36.8 Å². The summed E-state index contributed by atoms with van der Waals surface area (Å²) in [6.07, 6.45) is 6.09. The van der Waals surface area contributed by atoms with Gasteiger partial charge in [0.25, 0.3) is 0 Å². The van der Waals surface area contributed by atoms with E-state index < -0.39 is 0 Å². The van der Waals surface area contributed by atoms with Gasteiger partial charge in [-0.3, -0.25) is 0 Å². The molecule has 2 aromatic heterocycles. The molecule has 0 spiro atoms. The second-order valence-corrected chi connectivity index (χ2v) is 7.75. The van der Waals surface area contributed by atoms with Crippen LogP contribution in [0.2, 0.25) is 0 Å². The maximum Gasteiger partial charge on any atom is 0.134 e. The fraction of sp³-hybridized carbons (Fsp3) is 0.455. The first-order valence-electron chi connectivity index (χ1n) is 10.4. The van der Waals surface area contributed by atoms with E-state index in [0.717, 1.165) is 69.6 Å². The quantitative estimate of drug-likeness (QED) is 0.734. The van der Waals surface area contributed by atoms with E-state index in [0.29, 0.717) is 5.92 Å². The number of hydrogen-bond donors (Lipinski definition) is 1. The van der Waals surface area contributed by atoms with Crippen LogP contribution in [0.5, 0.6) is 5.75 Å². The van der Waals surface area contributed by atoms with Crippen LogP contribution in [-0.4, -0.2) is 61.5 Å². The van der Waals surface area contributed by atoms with Gasteiger partial charge in [-0.15, -0.1) is 0 Å². The highest BCUT2D eigenvalue weighted by Gasteiger charge is 2.24. The van der Waals surface area contributed by atoms with Crippen LogP contribution in [0.3, 0.4) is 0 Å². The molecule has 0 saturated carbocycles.